The Balaban J connectivity index is 2.93. The number of rotatable bonds is 3. The van der Waals surface area contributed by atoms with Crippen LogP contribution < -0.4 is 0 Å². The maximum atomic E-state index is 11.3. The molecule has 1 aromatic rings. The second-order valence-electron chi connectivity index (χ2n) is 3.49. The van der Waals surface area contributed by atoms with Crippen LogP contribution in [0.4, 0.5) is 0 Å². The van der Waals surface area contributed by atoms with Gasteiger partial charge in [0.15, 0.2) is 0 Å². The van der Waals surface area contributed by atoms with Gasteiger partial charge < -0.3 is 9.84 Å². The number of hydrogen-bond acceptors (Lipinski definition) is 3. The van der Waals surface area contributed by atoms with Crippen molar-refractivity contribution in [3.63, 3.8) is 0 Å². The van der Waals surface area contributed by atoms with Gasteiger partial charge in [0.1, 0.15) is 5.75 Å². The van der Waals surface area contributed by atoms with Gasteiger partial charge in [-0.15, -0.1) is 0 Å². The summed E-state index contributed by atoms with van der Waals surface area (Å²) in [5, 5.41) is 9.52. The van der Waals surface area contributed by atoms with Crippen molar-refractivity contribution in [1.29, 1.82) is 0 Å². The predicted octanol–water partition coefficient (Wildman–Crippen LogP) is 2.11. The highest BCUT2D eigenvalue weighted by atomic mass is 16.5. The number of phenolic OH excluding ortho intramolecular Hbond substituents is 1. The van der Waals surface area contributed by atoms with Crippen LogP contribution in [-0.2, 0) is 16.0 Å². The lowest BCUT2D eigenvalue weighted by atomic mass is 9.99. The number of carbonyl (C=O) groups excluding carboxylic acids is 1. The van der Waals surface area contributed by atoms with Crippen molar-refractivity contribution in [2.45, 2.75) is 27.2 Å². The van der Waals surface area contributed by atoms with E-state index in [-0.39, 0.29) is 18.1 Å². The van der Waals surface area contributed by atoms with E-state index in [0.717, 1.165) is 16.7 Å². The summed E-state index contributed by atoms with van der Waals surface area (Å²) in [4.78, 5) is 11.3. The second kappa shape index (κ2) is 4.82. The number of hydrogen-bond donors (Lipinski definition) is 1. The van der Waals surface area contributed by atoms with Gasteiger partial charge in [0.2, 0.25) is 0 Å². The lowest BCUT2D eigenvalue weighted by Crippen LogP contribution is -2.09. The van der Waals surface area contributed by atoms with Crippen LogP contribution in [0.25, 0.3) is 0 Å². The highest BCUT2D eigenvalue weighted by molar-refractivity contribution is 5.74. The van der Waals surface area contributed by atoms with E-state index in [1.54, 1.807) is 26.0 Å². The third-order valence-corrected chi connectivity index (χ3v) is 2.43. The second-order valence-corrected chi connectivity index (χ2v) is 3.49. The molecule has 0 bridgehead atoms. The summed E-state index contributed by atoms with van der Waals surface area (Å²) in [5.74, 6) is -0.0331. The lowest BCUT2D eigenvalue weighted by Gasteiger charge is -2.10. The number of ether oxygens (including phenoxy) is 1. The van der Waals surface area contributed by atoms with Gasteiger partial charge in [0, 0.05) is 0 Å². The topological polar surface area (TPSA) is 46.5 Å². The van der Waals surface area contributed by atoms with Gasteiger partial charge in [-0.2, -0.15) is 0 Å². The molecule has 0 fully saturated rings. The van der Waals surface area contributed by atoms with Crippen molar-refractivity contribution in [3.05, 3.63) is 28.8 Å². The quantitative estimate of drug-likeness (QED) is 0.774. The Labute approximate surface area is 89.7 Å². The number of benzene rings is 1. The van der Waals surface area contributed by atoms with Crippen LogP contribution in [0.15, 0.2) is 12.1 Å². The van der Waals surface area contributed by atoms with E-state index in [0.29, 0.717) is 6.61 Å². The SMILES string of the molecule is CCOC(=O)Cc1c(C)ccc(O)c1C. The number of aryl methyl sites for hydroxylation is 1. The Morgan fingerprint density at radius 3 is 2.67 bits per heavy atom. The van der Waals surface area contributed by atoms with E-state index in [9.17, 15) is 9.90 Å². The number of phenols is 1. The summed E-state index contributed by atoms with van der Waals surface area (Å²) < 4.78 is 4.88. The summed E-state index contributed by atoms with van der Waals surface area (Å²) in [6.45, 7) is 5.88. The molecule has 0 aromatic heterocycles. The molecule has 0 atom stereocenters. The van der Waals surface area contributed by atoms with Crippen LogP contribution in [0.1, 0.15) is 23.6 Å². The molecule has 1 aromatic carbocycles. The summed E-state index contributed by atoms with van der Waals surface area (Å²) in [7, 11) is 0. The van der Waals surface area contributed by atoms with Gasteiger partial charge in [0.05, 0.1) is 13.0 Å². The average molecular weight is 208 g/mol. The van der Waals surface area contributed by atoms with E-state index in [1.165, 1.54) is 0 Å². The summed E-state index contributed by atoms with van der Waals surface area (Å²) >= 11 is 0. The molecule has 1 rings (SSSR count). The minimum atomic E-state index is -0.255. The monoisotopic (exact) mass is 208 g/mol. The first-order valence-corrected chi connectivity index (χ1v) is 5.00. The molecular weight excluding hydrogens is 192 g/mol. The van der Waals surface area contributed by atoms with Gasteiger partial charge in [-0.1, -0.05) is 6.07 Å². The first-order chi connectivity index (χ1) is 7.06. The Kier molecular flexibility index (Phi) is 3.72. The zero-order valence-electron chi connectivity index (χ0n) is 9.33. The molecular formula is C12H16O3. The van der Waals surface area contributed by atoms with Gasteiger partial charge in [-0.25, -0.2) is 0 Å². The van der Waals surface area contributed by atoms with Gasteiger partial charge in [-0.05, 0) is 43.5 Å². The molecule has 0 spiro atoms. The molecule has 0 aliphatic heterocycles. The van der Waals surface area contributed by atoms with Crippen molar-refractivity contribution in [2.24, 2.45) is 0 Å². The molecule has 0 unspecified atom stereocenters. The smallest absolute Gasteiger partial charge is 0.310 e. The van der Waals surface area contributed by atoms with Crippen LogP contribution in [-0.4, -0.2) is 17.7 Å². The largest absolute Gasteiger partial charge is 0.508 e. The summed E-state index contributed by atoms with van der Waals surface area (Å²) in [6, 6.07) is 3.44. The van der Waals surface area contributed by atoms with Crippen molar-refractivity contribution < 1.29 is 14.6 Å². The fourth-order valence-electron chi connectivity index (χ4n) is 1.51. The average Bonchev–Trinajstić information content (AvgIpc) is 2.19. The number of esters is 1. The Morgan fingerprint density at radius 1 is 1.40 bits per heavy atom. The zero-order chi connectivity index (χ0) is 11.4. The summed E-state index contributed by atoms with van der Waals surface area (Å²) in [5.41, 5.74) is 2.61. The molecule has 0 saturated carbocycles. The number of carbonyl (C=O) groups is 1. The molecule has 82 valence electrons. The highest BCUT2D eigenvalue weighted by Crippen LogP contribution is 2.23. The number of aromatic hydroxyl groups is 1. The van der Waals surface area contributed by atoms with E-state index in [1.807, 2.05) is 6.92 Å². The molecule has 0 heterocycles. The van der Waals surface area contributed by atoms with Crippen LogP contribution in [0.2, 0.25) is 0 Å². The zero-order valence-corrected chi connectivity index (χ0v) is 9.33. The normalized spacial score (nSPS) is 10.1. The Morgan fingerprint density at radius 2 is 2.07 bits per heavy atom. The molecule has 0 radical (unpaired) electrons. The highest BCUT2D eigenvalue weighted by Gasteiger charge is 2.11. The predicted molar refractivity (Wildman–Crippen MR) is 57.9 cm³/mol. The molecule has 0 saturated heterocycles. The maximum Gasteiger partial charge on any atom is 0.310 e. The third-order valence-electron chi connectivity index (χ3n) is 2.43. The van der Waals surface area contributed by atoms with Gasteiger partial charge in [-0.3, -0.25) is 4.79 Å². The molecule has 0 aliphatic carbocycles. The van der Waals surface area contributed by atoms with Crippen molar-refractivity contribution in [1.82, 2.24) is 0 Å². The van der Waals surface area contributed by atoms with Crippen molar-refractivity contribution in [3.8, 4) is 5.75 Å². The van der Waals surface area contributed by atoms with Crippen LogP contribution in [0.5, 0.6) is 5.75 Å². The molecule has 0 aliphatic rings. The molecule has 3 nitrogen and oxygen atoms in total. The van der Waals surface area contributed by atoms with E-state index < -0.39 is 0 Å². The van der Waals surface area contributed by atoms with E-state index >= 15 is 0 Å². The summed E-state index contributed by atoms with van der Waals surface area (Å²) in [6.07, 6.45) is 0.222. The third kappa shape index (κ3) is 2.72. The minimum absolute atomic E-state index is 0.222. The van der Waals surface area contributed by atoms with Crippen LogP contribution in [0, 0.1) is 13.8 Å². The standard InChI is InChI=1S/C12H16O3/c1-4-15-12(14)7-10-8(2)5-6-11(13)9(10)3/h5-6,13H,4,7H2,1-3H3. The fraction of sp³-hybridized carbons (Fsp3) is 0.417. The Bertz CT molecular complexity index is 369. The minimum Gasteiger partial charge on any atom is -0.508 e. The Hall–Kier alpha value is -1.51. The van der Waals surface area contributed by atoms with Gasteiger partial charge >= 0.3 is 5.97 Å². The molecule has 15 heavy (non-hydrogen) atoms. The first kappa shape index (κ1) is 11.6. The van der Waals surface area contributed by atoms with E-state index in [4.69, 9.17) is 4.74 Å². The maximum absolute atomic E-state index is 11.3. The molecule has 1 N–H and O–H groups in total. The molecule has 3 heteroatoms. The van der Waals surface area contributed by atoms with Crippen LogP contribution >= 0.6 is 0 Å². The van der Waals surface area contributed by atoms with Crippen molar-refractivity contribution in [2.75, 3.05) is 6.61 Å². The first-order valence-electron chi connectivity index (χ1n) is 5.00. The molecule has 0 amide bonds. The van der Waals surface area contributed by atoms with E-state index in [2.05, 4.69) is 0 Å². The van der Waals surface area contributed by atoms with Crippen molar-refractivity contribution >= 4 is 5.97 Å². The van der Waals surface area contributed by atoms with Crippen LogP contribution in [0.3, 0.4) is 0 Å². The lowest BCUT2D eigenvalue weighted by molar-refractivity contribution is -0.142. The van der Waals surface area contributed by atoms with Gasteiger partial charge in [0.25, 0.3) is 0 Å². The fourth-order valence-corrected chi connectivity index (χ4v) is 1.51.